The maximum atomic E-state index is 5.94. The second kappa shape index (κ2) is 13.4. The average molecular weight is 517 g/mol. The molecule has 0 radical (unpaired) electrons. The number of hydrogen-bond acceptors (Lipinski definition) is 6. The van der Waals surface area contributed by atoms with Crippen molar-refractivity contribution in [3.05, 3.63) is 41.5 Å². The van der Waals surface area contributed by atoms with Crippen LogP contribution in [0.15, 0.2) is 33.8 Å². The van der Waals surface area contributed by atoms with Gasteiger partial charge in [0.15, 0.2) is 11.8 Å². The number of halogens is 1. The van der Waals surface area contributed by atoms with Crippen molar-refractivity contribution in [2.24, 2.45) is 4.99 Å². The first-order valence-electron chi connectivity index (χ1n) is 9.71. The molecular formula is C20H32IN5O3. The molecule has 8 nitrogen and oxygen atoms in total. The number of benzene rings is 1. The minimum atomic E-state index is -0.197. The van der Waals surface area contributed by atoms with Crippen LogP contribution >= 0.6 is 24.0 Å². The van der Waals surface area contributed by atoms with Crippen LogP contribution in [0.25, 0.3) is 0 Å². The summed E-state index contributed by atoms with van der Waals surface area (Å²) in [5, 5.41) is 10.4. The average Bonchev–Trinajstić information content (AvgIpc) is 3.13. The minimum absolute atomic E-state index is 0. The van der Waals surface area contributed by atoms with E-state index in [-0.39, 0.29) is 42.7 Å². The summed E-state index contributed by atoms with van der Waals surface area (Å²) in [6.07, 6.45) is -0.217. The number of hydrogen-bond donors (Lipinski definition) is 2. The lowest BCUT2D eigenvalue weighted by Crippen LogP contribution is -2.41. The van der Waals surface area contributed by atoms with E-state index in [4.69, 9.17) is 14.0 Å². The molecule has 0 bridgehead atoms. The number of ether oxygens (including phenoxy) is 2. The molecule has 0 amide bonds. The van der Waals surface area contributed by atoms with Gasteiger partial charge in [-0.1, -0.05) is 17.3 Å². The molecule has 0 spiro atoms. The van der Waals surface area contributed by atoms with Gasteiger partial charge in [0.2, 0.25) is 5.89 Å². The Morgan fingerprint density at radius 3 is 2.72 bits per heavy atom. The first-order chi connectivity index (χ1) is 13.5. The van der Waals surface area contributed by atoms with E-state index in [0.717, 1.165) is 12.3 Å². The Kier molecular flexibility index (Phi) is 11.6. The molecule has 2 unspecified atom stereocenters. The Hall–Kier alpha value is -1.88. The fourth-order valence-corrected chi connectivity index (χ4v) is 2.51. The molecule has 1 aromatic heterocycles. The highest BCUT2D eigenvalue weighted by Gasteiger charge is 2.13. The lowest BCUT2D eigenvalue weighted by molar-refractivity contribution is 0.0683. The Morgan fingerprint density at radius 2 is 2.03 bits per heavy atom. The van der Waals surface area contributed by atoms with Crippen LogP contribution in [0.3, 0.4) is 0 Å². The second-order valence-electron chi connectivity index (χ2n) is 6.46. The van der Waals surface area contributed by atoms with E-state index in [2.05, 4.69) is 25.8 Å². The summed E-state index contributed by atoms with van der Waals surface area (Å²) in [5.74, 6) is 2.51. The highest BCUT2D eigenvalue weighted by atomic mass is 127. The van der Waals surface area contributed by atoms with Gasteiger partial charge in [-0.05, 0) is 52.3 Å². The van der Waals surface area contributed by atoms with Gasteiger partial charge >= 0.3 is 0 Å². The molecule has 0 saturated carbocycles. The molecule has 2 N–H and O–H groups in total. The molecule has 0 aliphatic rings. The predicted molar refractivity (Wildman–Crippen MR) is 124 cm³/mol. The topological polar surface area (TPSA) is 93.8 Å². The van der Waals surface area contributed by atoms with E-state index >= 15 is 0 Å². The monoisotopic (exact) mass is 517 g/mol. The van der Waals surface area contributed by atoms with Crippen molar-refractivity contribution in [3.8, 4) is 5.75 Å². The second-order valence-corrected chi connectivity index (χ2v) is 6.46. The van der Waals surface area contributed by atoms with Gasteiger partial charge in [0, 0.05) is 13.2 Å². The molecule has 1 aromatic carbocycles. The van der Waals surface area contributed by atoms with E-state index in [1.54, 1.807) is 0 Å². The van der Waals surface area contributed by atoms with Gasteiger partial charge in [-0.25, -0.2) is 4.99 Å². The fraction of sp³-hybridized carbons (Fsp3) is 0.550. The number of aryl methyl sites for hydroxylation is 1. The van der Waals surface area contributed by atoms with Crippen molar-refractivity contribution >= 4 is 29.9 Å². The van der Waals surface area contributed by atoms with Gasteiger partial charge in [-0.2, -0.15) is 4.98 Å². The minimum Gasteiger partial charge on any atom is -0.489 e. The fourth-order valence-electron chi connectivity index (χ4n) is 2.51. The summed E-state index contributed by atoms with van der Waals surface area (Å²) in [7, 11) is 0. The zero-order valence-electron chi connectivity index (χ0n) is 17.8. The standard InChI is InChI=1S/C20H31N5O3.HI/c1-6-21-20(22-12-15(4)27-17-10-8-9-14(3)11-17)23-13-18-24-19(25-28-18)16(5)26-7-2;/h8-11,15-16H,6-7,12-13H2,1-5H3,(H2,21,22,23);1H. The molecule has 162 valence electrons. The molecule has 9 heteroatoms. The van der Waals surface area contributed by atoms with Crippen LogP contribution in [0.1, 0.15) is 51.1 Å². The molecule has 2 atom stereocenters. The van der Waals surface area contributed by atoms with Crippen molar-refractivity contribution in [2.75, 3.05) is 19.7 Å². The van der Waals surface area contributed by atoms with Crippen LogP contribution in [0.2, 0.25) is 0 Å². The molecule has 29 heavy (non-hydrogen) atoms. The van der Waals surface area contributed by atoms with Gasteiger partial charge in [0.1, 0.15) is 24.5 Å². The quantitative estimate of drug-likeness (QED) is 0.283. The first kappa shape index (κ1) is 25.2. The van der Waals surface area contributed by atoms with Gasteiger partial charge in [0.25, 0.3) is 0 Å². The zero-order valence-corrected chi connectivity index (χ0v) is 20.1. The zero-order chi connectivity index (χ0) is 20.4. The van der Waals surface area contributed by atoms with Crippen molar-refractivity contribution in [3.63, 3.8) is 0 Å². The third-order valence-corrected chi connectivity index (χ3v) is 3.86. The van der Waals surface area contributed by atoms with E-state index in [9.17, 15) is 0 Å². The SMILES string of the molecule is CCNC(=NCc1nc(C(C)OCC)no1)NCC(C)Oc1cccc(C)c1.I. The van der Waals surface area contributed by atoms with Gasteiger partial charge in [-0.15, -0.1) is 24.0 Å². The maximum Gasteiger partial charge on any atom is 0.248 e. The molecule has 0 saturated heterocycles. The Bertz CT molecular complexity index is 753. The first-order valence-corrected chi connectivity index (χ1v) is 9.71. The highest BCUT2D eigenvalue weighted by Crippen LogP contribution is 2.14. The molecule has 0 aliphatic carbocycles. The normalized spacial score (nSPS) is 13.3. The van der Waals surface area contributed by atoms with E-state index in [0.29, 0.717) is 30.8 Å². The van der Waals surface area contributed by atoms with Crippen LogP contribution < -0.4 is 15.4 Å². The smallest absolute Gasteiger partial charge is 0.248 e. The third-order valence-electron chi connectivity index (χ3n) is 3.86. The van der Waals surface area contributed by atoms with Gasteiger partial charge in [0.05, 0.1) is 6.54 Å². The Labute approximate surface area is 189 Å². The highest BCUT2D eigenvalue weighted by molar-refractivity contribution is 14.0. The van der Waals surface area contributed by atoms with Crippen LogP contribution in [0.5, 0.6) is 5.75 Å². The number of nitrogens with one attached hydrogen (secondary N) is 2. The Morgan fingerprint density at radius 1 is 1.24 bits per heavy atom. The number of nitrogens with zero attached hydrogens (tertiary/aromatic N) is 3. The summed E-state index contributed by atoms with van der Waals surface area (Å²) in [6.45, 7) is 12.1. The number of aromatic nitrogens is 2. The lowest BCUT2D eigenvalue weighted by Gasteiger charge is -2.17. The van der Waals surface area contributed by atoms with Crippen molar-refractivity contribution in [2.45, 2.75) is 53.4 Å². The Balaban J connectivity index is 0.00000420. The summed E-state index contributed by atoms with van der Waals surface area (Å²) in [5.41, 5.74) is 1.17. The van der Waals surface area contributed by atoms with Gasteiger partial charge in [-0.3, -0.25) is 0 Å². The lowest BCUT2D eigenvalue weighted by atomic mass is 10.2. The van der Waals surface area contributed by atoms with Crippen LogP contribution in [-0.2, 0) is 11.3 Å². The maximum absolute atomic E-state index is 5.94. The molecule has 0 fully saturated rings. The molecule has 2 aromatic rings. The van der Waals surface area contributed by atoms with Crippen molar-refractivity contribution in [1.82, 2.24) is 20.8 Å². The van der Waals surface area contributed by atoms with Crippen LogP contribution in [0.4, 0.5) is 0 Å². The molecule has 1 heterocycles. The summed E-state index contributed by atoms with van der Waals surface area (Å²) < 4.78 is 16.7. The summed E-state index contributed by atoms with van der Waals surface area (Å²) in [6, 6.07) is 8.01. The molecule has 2 rings (SSSR count). The molecular weight excluding hydrogens is 485 g/mol. The third kappa shape index (κ3) is 8.99. The molecule has 0 aliphatic heterocycles. The van der Waals surface area contributed by atoms with E-state index < -0.39 is 0 Å². The van der Waals surface area contributed by atoms with Crippen molar-refractivity contribution in [1.29, 1.82) is 0 Å². The largest absolute Gasteiger partial charge is 0.489 e. The number of rotatable bonds is 10. The summed E-state index contributed by atoms with van der Waals surface area (Å²) >= 11 is 0. The van der Waals surface area contributed by atoms with Crippen LogP contribution in [0, 0.1) is 6.92 Å². The van der Waals surface area contributed by atoms with Crippen molar-refractivity contribution < 1.29 is 14.0 Å². The van der Waals surface area contributed by atoms with Crippen LogP contribution in [-0.4, -0.2) is 41.9 Å². The predicted octanol–water partition coefficient (Wildman–Crippen LogP) is 3.62. The summed E-state index contributed by atoms with van der Waals surface area (Å²) in [4.78, 5) is 8.83. The number of guanidine groups is 1. The number of aliphatic imine (C=N–C) groups is 1. The van der Waals surface area contributed by atoms with E-state index in [1.807, 2.05) is 58.9 Å². The van der Waals surface area contributed by atoms with E-state index in [1.165, 1.54) is 5.56 Å². The van der Waals surface area contributed by atoms with Gasteiger partial charge < -0.3 is 24.6 Å².